The second-order valence-corrected chi connectivity index (χ2v) is 8.94. The highest BCUT2D eigenvalue weighted by Gasteiger charge is 2.64. The number of ketones is 1. The predicted molar refractivity (Wildman–Crippen MR) is 87.3 cm³/mol. The number of fused-ring (bicyclic) bond motifs is 5. The van der Waals surface area contributed by atoms with Gasteiger partial charge in [0.1, 0.15) is 0 Å². The molecule has 4 aliphatic rings. The molecule has 0 aliphatic heterocycles. The van der Waals surface area contributed by atoms with E-state index in [1.54, 1.807) is 0 Å². The molecule has 0 amide bonds. The van der Waals surface area contributed by atoms with Gasteiger partial charge in [0, 0.05) is 11.8 Å². The van der Waals surface area contributed by atoms with Crippen LogP contribution in [-0.4, -0.2) is 16.5 Å². The van der Waals surface area contributed by atoms with E-state index in [2.05, 4.69) is 19.9 Å². The van der Waals surface area contributed by atoms with Gasteiger partial charge in [-0.2, -0.15) is 5.26 Å². The first-order valence-corrected chi connectivity index (χ1v) is 9.22. The van der Waals surface area contributed by atoms with Crippen LogP contribution in [-0.2, 0) is 4.79 Å². The summed E-state index contributed by atoms with van der Waals surface area (Å²) in [5, 5.41) is 20.4. The standard InChI is InChI=1S/C20H27NO2/c1-18-8-5-14(22)11-13(18)3-4-15-16(18)6-9-19(2)17(15)7-10-20(19,23)12-21/h11,15-17,23H,3-10H2,1-2H3/t15-,16-,17-,18+,19+,20-/m1/s1. The highest BCUT2D eigenvalue weighted by Crippen LogP contribution is 2.67. The van der Waals surface area contributed by atoms with Gasteiger partial charge in [0.15, 0.2) is 11.4 Å². The first kappa shape index (κ1) is 15.4. The van der Waals surface area contributed by atoms with Gasteiger partial charge in [-0.1, -0.05) is 19.4 Å². The third-order valence-electron chi connectivity index (χ3n) is 8.30. The highest BCUT2D eigenvalue weighted by atomic mass is 16.3. The molecule has 4 rings (SSSR count). The number of nitriles is 1. The SMILES string of the molecule is C[C@]12CCC(=O)C=C1CC[C@@H]1[C@H]2CC[C@@]2(C)[C@@H]1CC[C@@]2(O)C#N. The van der Waals surface area contributed by atoms with Gasteiger partial charge in [0.25, 0.3) is 0 Å². The van der Waals surface area contributed by atoms with Crippen molar-refractivity contribution in [1.82, 2.24) is 0 Å². The van der Waals surface area contributed by atoms with E-state index in [1.807, 2.05) is 6.08 Å². The Labute approximate surface area is 138 Å². The second kappa shape index (κ2) is 4.70. The molecule has 124 valence electrons. The van der Waals surface area contributed by atoms with Gasteiger partial charge in [-0.05, 0) is 74.2 Å². The quantitative estimate of drug-likeness (QED) is 0.692. The Morgan fingerprint density at radius 3 is 2.61 bits per heavy atom. The third-order valence-corrected chi connectivity index (χ3v) is 8.30. The lowest BCUT2D eigenvalue weighted by molar-refractivity contribution is -0.119. The van der Waals surface area contributed by atoms with Crippen LogP contribution in [0.15, 0.2) is 11.6 Å². The number of nitrogens with zero attached hydrogens (tertiary/aromatic N) is 1. The van der Waals surface area contributed by atoms with Crippen molar-refractivity contribution in [2.45, 2.75) is 70.8 Å². The molecule has 6 atom stereocenters. The van der Waals surface area contributed by atoms with Crippen LogP contribution in [0, 0.1) is 39.9 Å². The van der Waals surface area contributed by atoms with Gasteiger partial charge in [-0.3, -0.25) is 4.79 Å². The largest absolute Gasteiger partial charge is 0.375 e. The summed E-state index contributed by atoms with van der Waals surface area (Å²) in [5.74, 6) is 1.99. The average Bonchev–Trinajstić information content (AvgIpc) is 2.80. The molecule has 23 heavy (non-hydrogen) atoms. The van der Waals surface area contributed by atoms with E-state index in [0.717, 1.165) is 38.5 Å². The van der Waals surface area contributed by atoms with Crippen LogP contribution in [0.4, 0.5) is 0 Å². The Balaban J connectivity index is 1.70. The van der Waals surface area contributed by atoms with Crippen LogP contribution < -0.4 is 0 Å². The Hall–Kier alpha value is -1.14. The number of hydrogen-bond donors (Lipinski definition) is 1. The van der Waals surface area contributed by atoms with Crippen molar-refractivity contribution in [2.24, 2.45) is 28.6 Å². The summed E-state index contributed by atoms with van der Waals surface area (Å²) in [6.45, 7) is 4.53. The molecular weight excluding hydrogens is 286 g/mol. The van der Waals surface area contributed by atoms with E-state index in [1.165, 1.54) is 5.57 Å². The van der Waals surface area contributed by atoms with Gasteiger partial charge >= 0.3 is 0 Å². The maximum absolute atomic E-state index is 11.8. The number of allylic oxidation sites excluding steroid dienone is 1. The van der Waals surface area contributed by atoms with Gasteiger partial charge in [-0.15, -0.1) is 0 Å². The fourth-order valence-corrected chi connectivity index (χ4v) is 6.76. The minimum atomic E-state index is -1.14. The predicted octanol–water partition coefficient (Wildman–Crippen LogP) is 3.77. The molecule has 1 N–H and O–H groups in total. The molecule has 0 aromatic rings. The highest BCUT2D eigenvalue weighted by molar-refractivity contribution is 5.91. The molecular formula is C20H27NO2. The summed E-state index contributed by atoms with van der Waals surface area (Å²) < 4.78 is 0. The topological polar surface area (TPSA) is 61.1 Å². The number of rotatable bonds is 0. The number of aliphatic hydroxyl groups is 1. The smallest absolute Gasteiger partial charge is 0.156 e. The molecule has 0 saturated heterocycles. The molecule has 3 saturated carbocycles. The van der Waals surface area contributed by atoms with E-state index in [-0.39, 0.29) is 10.8 Å². The van der Waals surface area contributed by atoms with Crippen molar-refractivity contribution >= 4 is 5.78 Å². The fourth-order valence-electron chi connectivity index (χ4n) is 6.76. The molecule has 0 radical (unpaired) electrons. The first-order chi connectivity index (χ1) is 10.8. The van der Waals surface area contributed by atoms with Crippen LogP contribution in [0.2, 0.25) is 0 Å². The summed E-state index contributed by atoms with van der Waals surface area (Å²) in [6.07, 6.45) is 9.42. The van der Waals surface area contributed by atoms with Crippen LogP contribution in [0.3, 0.4) is 0 Å². The van der Waals surface area contributed by atoms with E-state index in [9.17, 15) is 15.2 Å². The van der Waals surface area contributed by atoms with Gasteiger partial charge in [0.2, 0.25) is 0 Å². The Morgan fingerprint density at radius 1 is 1.13 bits per heavy atom. The molecule has 3 fully saturated rings. The molecule has 3 heteroatoms. The molecule has 0 unspecified atom stereocenters. The molecule has 0 heterocycles. The van der Waals surface area contributed by atoms with E-state index >= 15 is 0 Å². The molecule has 0 aromatic carbocycles. The van der Waals surface area contributed by atoms with E-state index < -0.39 is 5.60 Å². The van der Waals surface area contributed by atoms with Gasteiger partial charge in [0.05, 0.1) is 6.07 Å². The lowest BCUT2D eigenvalue weighted by Crippen LogP contribution is -2.54. The minimum absolute atomic E-state index is 0.172. The second-order valence-electron chi connectivity index (χ2n) is 8.94. The summed E-state index contributed by atoms with van der Waals surface area (Å²) in [4.78, 5) is 11.8. The zero-order chi connectivity index (χ0) is 16.5. The molecule has 0 aromatic heterocycles. The first-order valence-electron chi connectivity index (χ1n) is 9.22. The molecule has 3 nitrogen and oxygen atoms in total. The maximum atomic E-state index is 11.8. The van der Waals surface area contributed by atoms with Crippen LogP contribution in [0.25, 0.3) is 0 Å². The van der Waals surface area contributed by atoms with Crippen LogP contribution in [0.1, 0.15) is 65.2 Å². The number of hydrogen-bond acceptors (Lipinski definition) is 3. The number of carbonyl (C=O) groups excluding carboxylic acids is 1. The zero-order valence-electron chi connectivity index (χ0n) is 14.3. The van der Waals surface area contributed by atoms with E-state index in [4.69, 9.17) is 0 Å². The summed E-state index contributed by atoms with van der Waals surface area (Å²) in [7, 11) is 0. The summed E-state index contributed by atoms with van der Waals surface area (Å²) in [5.41, 5.74) is 0.172. The summed E-state index contributed by atoms with van der Waals surface area (Å²) in [6, 6.07) is 2.25. The van der Waals surface area contributed by atoms with Crippen molar-refractivity contribution in [3.05, 3.63) is 11.6 Å². The number of carbonyl (C=O) groups is 1. The molecule has 0 spiro atoms. The van der Waals surface area contributed by atoms with Gasteiger partial charge in [-0.25, -0.2) is 0 Å². The molecule has 0 bridgehead atoms. The Kier molecular flexibility index (Phi) is 3.14. The van der Waals surface area contributed by atoms with Crippen LogP contribution in [0.5, 0.6) is 0 Å². The van der Waals surface area contributed by atoms with E-state index in [0.29, 0.717) is 36.4 Å². The Morgan fingerprint density at radius 2 is 1.87 bits per heavy atom. The van der Waals surface area contributed by atoms with Crippen molar-refractivity contribution in [1.29, 1.82) is 5.26 Å². The lowest BCUT2D eigenvalue weighted by atomic mass is 9.46. The van der Waals surface area contributed by atoms with Crippen molar-refractivity contribution in [3.8, 4) is 6.07 Å². The molecule has 4 aliphatic carbocycles. The zero-order valence-corrected chi connectivity index (χ0v) is 14.3. The normalized spacial score (nSPS) is 52.0. The van der Waals surface area contributed by atoms with Crippen molar-refractivity contribution < 1.29 is 9.90 Å². The monoisotopic (exact) mass is 313 g/mol. The Bertz CT molecular complexity index is 632. The maximum Gasteiger partial charge on any atom is 0.156 e. The fraction of sp³-hybridized carbons (Fsp3) is 0.800. The third kappa shape index (κ3) is 1.82. The van der Waals surface area contributed by atoms with Crippen molar-refractivity contribution in [3.63, 3.8) is 0 Å². The summed E-state index contributed by atoms with van der Waals surface area (Å²) >= 11 is 0. The lowest BCUT2D eigenvalue weighted by Gasteiger charge is -2.58. The van der Waals surface area contributed by atoms with Gasteiger partial charge < -0.3 is 5.11 Å². The average molecular weight is 313 g/mol. The van der Waals surface area contributed by atoms with Crippen LogP contribution >= 0.6 is 0 Å². The minimum Gasteiger partial charge on any atom is -0.375 e. The van der Waals surface area contributed by atoms with Crippen molar-refractivity contribution in [2.75, 3.05) is 0 Å².